The topological polar surface area (TPSA) is 35.2 Å². The average Bonchev–Trinajstić information content (AvgIpc) is 2.38. The largest absolute Gasteiger partial charge is 0.573 e. The summed E-state index contributed by atoms with van der Waals surface area (Å²) in [4.78, 5) is 0. The van der Waals surface area contributed by atoms with Crippen molar-refractivity contribution in [3.05, 3.63) is 53.1 Å². The molecule has 2 rings (SSSR count). The predicted molar refractivity (Wildman–Crippen MR) is 75.9 cm³/mol. The zero-order chi connectivity index (χ0) is 15.6. The minimum Gasteiger partial charge on any atom is -0.405 e. The van der Waals surface area contributed by atoms with Gasteiger partial charge in [0.15, 0.2) is 0 Å². The Morgan fingerprint density at radius 1 is 1.05 bits per heavy atom. The van der Waals surface area contributed by atoms with Gasteiger partial charge in [-0.2, -0.15) is 0 Å². The van der Waals surface area contributed by atoms with Crippen molar-refractivity contribution in [3.8, 4) is 16.9 Å². The monoisotopic (exact) mass is 295 g/mol. The lowest BCUT2D eigenvalue weighted by atomic mass is 9.97. The molecule has 0 spiro atoms. The molecular weight excluding hydrogens is 279 g/mol. The fourth-order valence-corrected chi connectivity index (χ4v) is 2.27. The van der Waals surface area contributed by atoms with E-state index in [0.29, 0.717) is 5.56 Å². The maximum Gasteiger partial charge on any atom is 0.573 e. The summed E-state index contributed by atoms with van der Waals surface area (Å²) in [5.41, 5.74) is 9.83. The first kappa shape index (κ1) is 15.4. The van der Waals surface area contributed by atoms with Crippen LogP contribution in [0, 0.1) is 13.8 Å². The number of halogens is 3. The number of alkyl halides is 3. The summed E-state index contributed by atoms with van der Waals surface area (Å²) in [7, 11) is 0. The summed E-state index contributed by atoms with van der Waals surface area (Å²) < 4.78 is 41.0. The molecule has 112 valence electrons. The molecule has 0 aromatic heterocycles. The lowest BCUT2D eigenvalue weighted by molar-refractivity contribution is -0.274. The first-order valence-electron chi connectivity index (χ1n) is 6.46. The van der Waals surface area contributed by atoms with Crippen molar-refractivity contribution in [2.75, 3.05) is 0 Å². The van der Waals surface area contributed by atoms with Gasteiger partial charge in [-0.3, -0.25) is 0 Å². The van der Waals surface area contributed by atoms with E-state index in [0.717, 1.165) is 22.3 Å². The molecule has 0 aliphatic heterocycles. The highest BCUT2D eigenvalue weighted by atomic mass is 19.4. The van der Waals surface area contributed by atoms with Gasteiger partial charge in [0.05, 0.1) is 0 Å². The number of aryl methyl sites for hydroxylation is 2. The van der Waals surface area contributed by atoms with E-state index < -0.39 is 6.36 Å². The van der Waals surface area contributed by atoms with Crippen LogP contribution < -0.4 is 10.5 Å². The summed E-state index contributed by atoms with van der Waals surface area (Å²) in [5, 5.41) is 0. The van der Waals surface area contributed by atoms with E-state index >= 15 is 0 Å². The first-order chi connectivity index (χ1) is 9.80. The van der Waals surface area contributed by atoms with Crippen molar-refractivity contribution in [2.24, 2.45) is 5.73 Å². The van der Waals surface area contributed by atoms with Crippen LogP contribution >= 0.6 is 0 Å². The van der Waals surface area contributed by atoms with Crippen molar-refractivity contribution in [1.29, 1.82) is 0 Å². The summed E-state index contributed by atoms with van der Waals surface area (Å²) in [6.07, 6.45) is -4.72. The molecule has 0 saturated carbocycles. The van der Waals surface area contributed by atoms with Crippen LogP contribution in [0.2, 0.25) is 0 Å². The molecule has 0 saturated heterocycles. The quantitative estimate of drug-likeness (QED) is 0.914. The van der Waals surface area contributed by atoms with Crippen LogP contribution in [-0.2, 0) is 6.54 Å². The second-order valence-corrected chi connectivity index (χ2v) is 4.89. The Bertz CT molecular complexity index is 650. The predicted octanol–water partition coefficient (Wildman–Crippen LogP) is 4.33. The Kier molecular flexibility index (Phi) is 4.23. The molecule has 0 unspecified atom stereocenters. The third kappa shape index (κ3) is 3.76. The van der Waals surface area contributed by atoms with Crippen molar-refractivity contribution in [3.63, 3.8) is 0 Å². The van der Waals surface area contributed by atoms with Crippen LogP contribution in [0.3, 0.4) is 0 Å². The summed E-state index contributed by atoms with van der Waals surface area (Å²) in [6, 6.07) is 10.5. The normalized spacial score (nSPS) is 11.5. The highest BCUT2D eigenvalue weighted by molar-refractivity contribution is 5.69. The Hall–Kier alpha value is -2.01. The highest BCUT2D eigenvalue weighted by Crippen LogP contribution is 2.31. The Morgan fingerprint density at radius 3 is 2.33 bits per heavy atom. The third-order valence-corrected chi connectivity index (χ3v) is 3.20. The van der Waals surface area contributed by atoms with Crippen LogP contribution in [0.25, 0.3) is 11.1 Å². The number of hydrogen-bond acceptors (Lipinski definition) is 2. The van der Waals surface area contributed by atoms with Crippen LogP contribution in [0.5, 0.6) is 5.75 Å². The Labute approximate surface area is 121 Å². The molecule has 0 radical (unpaired) electrons. The number of hydrogen-bond donors (Lipinski definition) is 1. The fraction of sp³-hybridized carbons (Fsp3) is 0.250. The van der Waals surface area contributed by atoms with Gasteiger partial charge in [-0.1, -0.05) is 29.8 Å². The SMILES string of the molecule is Cc1ccc(-c2ccc(OC(F)(F)F)c(CN)c2)c(C)c1. The van der Waals surface area contributed by atoms with Crippen LogP contribution in [0.1, 0.15) is 16.7 Å². The van der Waals surface area contributed by atoms with Crippen LogP contribution in [-0.4, -0.2) is 6.36 Å². The second kappa shape index (κ2) is 5.77. The van der Waals surface area contributed by atoms with Gasteiger partial charge in [0.1, 0.15) is 5.75 Å². The number of rotatable bonds is 3. The zero-order valence-corrected chi connectivity index (χ0v) is 11.8. The molecule has 0 bridgehead atoms. The molecular formula is C16H16F3NO. The molecule has 0 heterocycles. The standard InChI is InChI=1S/C16H16F3NO/c1-10-3-5-14(11(2)7-10)12-4-6-15(13(8-12)9-20)21-16(17,18)19/h3-8H,9,20H2,1-2H3. The molecule has 0 fully saturated rings. The smallest absolute Gasteiger partial charge is 0.405 e. The lowest BCUT2D eigenvalue weighted by Gasteiger charge is -2.14. The van der Waals surface area contributed by atoms with Gasteiger partial charge in [-0.15, -0.1) is 13.2 Å². The molecule has 0 amide bonds. The molecule has 5 heteroatoms. The van der Waals surface area contributed by atoms with Gasteiger partial charge in [0, 0.05) is 12.1 Å². The van der Waals surface area contributed by atoms with E-state index in [9.17, 15) is 13.2 Å². The fourth-order valence-electron chi connectivity index (χ4n) is 2.27. The van der Waals surface area contributed by atoms with E-state index in [-0.39, 0.29) is 12.3 Å². The third-order valence-electron chi connectivity index (χ3n) is 3.20. The van der Waals surface area contributed by atoms with Gasteiger partial charge >= 0.3 is 6.36 Å². The van der Waals surface area contributed by atoms with E-state index in [1.54, 1.807) is 12.1 Å². The van der Waals surface area contributed by atoms with Crippen molar-refractivity contribution in [2.45, 2.75) is 26.8 Å². The zero-order valence-electron chi connectivity index (χ0n) is 11.8. The van der Waals surface area contributed by atoms with Crippen LogP contribution in [0.15, 0.2) is 36.4 Å². The van der Waals surface area contributed by atoms with Gasteiger partial charge in [0.25, 0.3) is 0 Å². The molecule has 2 N–H and O–H groups in total. The van der Waals surface area contributed by atoms with Crippen molar-refractivity contribution >= 4 is 0 Å². The van der Waals surface area contributed by atoms with Crippen molar-refractivity contribution < 1.29 is 17.9 Å². The molecule has 0 aliphatic rings. The maximum absolute atomic E-state index is 12.3. The molecule has 2 aromatic rings. The van der Waals surface area contributed by atoms with Gasteiger partial charge in [-0.25, -0.2) is 0 Å². The van der Waals surface area contributed by atoms with Gasteiger partial charge < -0.3 is 10.5 Å². The molecule has 21 heavy (non-hydrogen) atoms. The molecule has 0 atom stereocenters. The highest BCUT2D eigenvalue weighted by Gasteiger charge is 2.32. The van der Waals surface area contributed by atoms with E-state index in [1.165, 1.54) is 6.07 Å². The molecule has 0 aliphatic carbocycles. The summed E-state index contributed by atoms with van der Waals surface area (Å²) in [6.45, 7) is 3.93. The number of benzene rings is 2. The van der Waals surface area contributed by atoms with Gasteiger partial charge in [-0.05, 0) is 42.7 Å². The van der Waals surface area contributed by atoms with E-state index in [1.807, 2.05) is 32.0 Å². The summed E-state index contributed by atoms with van der Waals surface area (Å²) >= 11 is 0. The molecule has 2 nitrogen and oxygen atoms in total. The Morgan fingerprint density at radius 2 is 1.76 bits per heavy atom. The summed E-state index contributed by atoms with van der Waals surface area (Å²) in [5.74, 6) is -0.251. The number of nitrogens with two attached hydrogens (primary N) is 1. The van der Waals surface area contributed by atoms with Crippen LogP contribution in [0.4, 0.5) is 13.2 Å². The lowest BCUT2D eigenvalue weighted by Crippen LogP contribution is -2.18. The average molecular weight is 295 g/mol. The van der Waals surface area contributed by atoms with Gasteiger partial charge in [0.2, 0.25) is 0 Å². The molecule has 2 aromatic carbocycles. The van der Waals surface area contributed by atoms with E-state index in [4.69, 9.17) is 5.73 Å². The Balaban J connectivity index is 2.43. The second-order valence-electron chi connectivity index (χ2n) is 4.89. The minimum atomic E-state index is -4.72. The number of ether oxygens (including phenoxy) is 1. The first-order valence-corrected chi connectivity index (χ1v) is 6.46. The maximum atomic E-state index is 12.3. The van der Waals surface area contributed by atoms with Crippen molar-refractivity contribution in [1.82, 2.24) is 0 Å². The minimum absolute atomic E-state index is 0.0236. The van der Waals surface area contributed by atoms with E-state index in [2.05, 4.69) is 4.74 Å².